The molecular formula is C12H15BrClNO2. The number of nitrogens with one attached hydrogen (secondary N) is 1. The number of hydrogen-bond acceptors (Lipinski definition) is 2. The van der Waals surface area contributed by atoms with Gasteiger partial charge in [-0.3, -0.25) is 4.79 Å². The summed E-state index contributed by atoms with van der Waals surface area (Å²) in [7, 11) is 0. The minimum atomic E-state index is -0.268. The zero-order valence-electron chi connectivity index (χ0n) is 9.71. The van der Waals surface area contributed by atoms with Crippen molar-refractivity contribution >= 4 is 33.4 Å². The number of aliphatic hydroxyl groups is 1. The molecule has 1 rings (SSSR count). The van der Waals surface area contributed by atoms with Crippen molar-refractivity contribution in [3.63, 3.8) is 0 Å². The second-order valence-electron chi connectivity index (χ2n) is 4.13. The Labute approximate surface area is 114 Å². The summed E-state index contributed by atoms with van der Waals surface area (Å²) in [4.78, 5) is 11.9. The number of rotatable bonds is 4. The van der Waals surface area contributed by atoms with E-state index in [0.29, 0.717) is 10.6 Å². The maximum absolute atomic E-state index is 11.9. The molecule has 1 aromatic rings. The predicted molar refractivity (Wildman–Crippen MR) is 72.3 cm³/mol. The first-order chi connectivity index (χ1) is 7.95. The second kappa shape index (κ2) is 6.38. The molecule has 2 N–H and O–H groups in total. The molecule has 0 bridgehead atoms. The zero-order chi connectivity index (χ0) is 13.0. The number of hydrogen-bond donors (Lipinski definition) is 2. The molecule has 1 atom stereocenters. The molecule has 94 valence electrons. The van der Waals surface area contributed by atoms with E-state index in [-0.39, 0.29) is 24.5 Å². The molecule has 0 aliphatic rings. The standard InChI is InChI=1S/C12H15BrClNO2/c1-7(2)11(6-16)15-12(17)9-4-3-8(13)5-10(9)14/h3-5,7,11,16H,6H2,1-2H3,(H,15,17). The summed E-state index contributed by atoms with van der Waals surface area (Å²) in [5.74, 6) is -0.103. The molecule has 1 amide bonds. The van der Waals surface area contributed by atoms with Crippen molar-refractivity contribution in [2.75, 3.05) is 6.61 Å². The maximum atomic E-state index is 11.9. The Morgan fingerprint density at radius 1 is 1.53 bits per heavy atom. The Hall–Kier alpha value is -0.580. The van der Waals surface area contributed by atoms with Crippen LogP contribution in [0.2, 0.25) is 5.02 Å². The SMILES string of the molecule is CC(C)C(CO)NC(=O)c1ccc(Br)cc1Cl. The zero-order valence-corrected chi connectivity index (χ0v) is 12.0. The van der Waals surface area contributed by atoms with Gasteiger partial charge in [-0.25, -0.2) is 0 Å². The highest BCUT2D eigenvalue weighted by Gasteiger charge is 2.17. The molecule has 0 aromatic heterocycles. The van der Waals surface area contributed by atoms with Gasteiger partial charge in [-0.15, -0.1) is 0 Å². The van der Waals surface area contributed by atoms with Crippen molar-refractivity contribution < 1.29 is 9.90 Å². The van der Waals surface area contributed by atoms with Crippen LogP contribution < -0.4 is 5.32 Å². The normalized spacial score (nSPS) is 12.6. The fraction of sp³-hybridized carbons (Fsp3) is 0.417. The summed E-state index contributed by atoms with van der Waals surface area (Å²) in [5, 5.41) is 12.3. The van der Waals surface area contributed by atoms with Gasteiger partial charge < -0.3 is 10.4 Å². The molecule has 5 heteroatoms. The first kappa shape index (κ1) is 14.5. The molecule has 1 aromatic carbocycles. The van der Waals surface area contributed by atoms with Gasteiger partial charge in [-0.2, -0.15) is 0 Å². The van der Waals surface area contributed by atoms with E-state index < -0.39 is 0 Å². The highest BCUT2D eigenvalue weighted by molar-refractivity contribution is 9.10. The quantitative estimate of drug-likeness (QED) is 0.896. The van der Waals surface area contributed by atoms with E-state index in [0.717, 1.165) is 4.47 Å². The molecule has 0 saturated heterocycles. The fourth-order valence-corrected chi connectivity index (χ4v) is 2.10. The number of carbonyl (C=O) groups is 1. The first-order valence-corrected chi connectivity index (χ1v) is 6.49. The van der Waals surface area contributed by atoms with Gasteiger partial charge in [0.1, 0.15) is 0 Å². The van der Waals surface area contributed by atoms with Crippen molar-refractivity contribution in [3.05, 3.63) is 33.3 Å². The summed E-state index contributed by atoms with van der Waals surface area (Å²) in [6.45, 7) is 3.78. The molecule has 0 aliphatic heterocycles. The van der Waals surface area contributed by atoms with Crippen molar-refractivity contribution in [2.45, 2.75) is 19.9 Å². The van der Waals surface area contributed by atoms with Crippen LogP contribution in [0.3, 0.4) is 0 Å². The molecule has 0 heterocycles. The van der Waals surface area contributed by atoms with Crippen molar-refractivity contribution in [3.8, 4) is 0 Å². The average Bonchev–Trinajstić information content (AvgIpc) is 2.24. The van der Waals surface area contributed by atoms with Crippen molar-refractivity contribution in [2.24, 2.45) is 5.92 Å². The van der Waals surface area contributed by atoms with Crippen LogP contribution in [0.15, 0.2) is 22.7 Å². The van der Waals surface area contributed by atoms with Crippen LogP contribution in [0.25, 0.3) is 0 Å². The lowest BCUT2D eigenvalue weighted by molar-refractivity contribution is 0.0897. The highest BCUT2D eigenvalue weighted by atomic mass is 79.9. The van der Waals surface area contributed by atoms with E-state index in [1.165, 1.54) is 0 Å². The van der Waals surface area contributed by atoms with Gasteiger partial charge in [0.15, 0.2) is 0 Å². The van der Waals surface area contributed by atoms with Crippen LogP contribution in [-0.4, -0.2) is 23.7 Å². The lowest BCUT2D eigenvalue weighted by atomic mass is 10.0. The molecule has 0 spiro atoms. The van der Waals surface area contributed by atoms with Crippen molar-refractivity contribution in [1.29, 1.82) is 0 Å². The molecule has 3 nitrogen and oxygen atoms in total. The molecule has 1 unspecified atom stereocenters. The van der Waals surface area contributed by atoms with E-state index in [1.54, 1.807) is 18.2 Å². The van der Waals surface area contributed by atoms with E-state index in [9.17, 15) is 4.79 Å². The molecule has 17 heavy (non-hydrogen) atoms. The topological polar surface area (TPSA) is 49.3 Å². The van der Waals surface area contributed by atoms with Gasteiger partial charge in [0.2, 0.25) is 0 Å². The lowest BCUT2D eigenvalue weighted by Crippen LogP contribution is -2.41. The molecule has 0 saturated carbocycles. The maximum Gasteiger partial charge on any atom is 0.253 e. The van der Waals surface area contributed by atoms with Gasteiger partial charge in [0, 0.05) is 4.47 Å². The van der Waals surface area contributed by atoms with E-state index in [2.05, 4.69) is 21.2 Å². The minimum Gasteiger partial charge on any atom is -0.394 e. The molecule has 0 aliphatic carbocycles. The summed E-state index contributed by atoms with van der Waals surface area (Å²) in [6, 6.07) is 4.81. The van der Waals surface area contributed by atoms with Gasteiger partial charge in [-0.1, -0.05) is 41.4 Å². The smallest absolute Gasteiger partial charge is 0.253 e. The van der Waals surface area contributed by atoms with Crippen LogP contribution in [0, 0.1) is 5.92 Å². The van der Waals surface area contributed by atoms with Crippen LogP contribution in [-0.2, 0) is 0 Å². The van der Waals surface area contributed by atoms with Gasteiger partial charge in [-0.05, 0) is 24.1 Å². The largest absolute Gasteiger partial charge is 0.394 e. The third-order valence-corrected chi connectivity index (χ3v) is 3.30. The molecule has 0 radical (unpaired) electrons. The third-order valence-electron chi connectivity index (χ3n) is 2.49. The summed E-state index contributed by atoms with van der Waals surface area (Å²) < 4.78 is 0.821. The third kappa shape index (κ3) is 3.98. The van der Waals surface area contributed by atoms with Crippen molar-refractivity contribution in [1.82, 2.24) is 5.32 Å². The Balaban J connectivity index is 2.82. The van der Waals surface area contributed by atoms with Crippen LogP contribution in [0.4, 0.5) is 0 Å². The summed E-state index contributed by atoms with van der Waals surface area (Å²) in [5.41, 5.74) is 0.411. The Kier molecular flexibility index (Phi) is 5.43. The van der Waals surface area contributed by atoms with Gasteiger partial charge >= 0.3 is 0 Å². The fourth-order valence-electron chi connectivity index (χ4n) is 1.34. The van der Waals surface area contributed by atoms with Gasteiger partial charge in [0.05, 0.1) is 23.2 Å². The van der Waals surface area contributed by atoms with Crippen LogP contribution in [0.1, 0.15) is 24.2 Å². The first-order valence-electron chi connectivity index (χ1n) is 5.32. The monoisotopic (exact) mass is 319 g/mol. The summed E-state index contributed by atoms with van der Waals surface area (Å²) in [6.07, 6.45) is 0. The number of benzene rings is 1. The second-order valence-corrected chi connectivity index (χ2v) is 5.45. The predicted octanol–water partition coefficient (Wildman–Crippen LogP) is 2.85. The van der Waals surface area contributed by atoms with E-state index in [1.807, 2.05) is 13.8 Å². The van der Waals surface area contributed by atoms with Crippen LogP contribution >= 0.6 is 27.5 Å². The number of carbonyl (C=O) groups excluding carboxylic acids is 1. The van der Waals surface area contributed by atoms with E-state index in [4.69, 9.17) is 16.7 Å². The Morgan fingerprint density at radius 3 is 2.65 bits per heavy atom. The number of aliphatic hydroxyl groups excluding tert-OH is 1. The van der Waals surface area contributed by atoms with Crippen LogP contribution in [0.5, 0.6) is 0 Å². The lowest BCUT2D eigenvalue weighted by Gasteiger charge is -2.20. The summed E-state index contributed by atoms with van der Waals surface area (Å²) >= 11 is 9.25. The highest BCUT2D eigenvalue weighted by Crippen LogP contribution is 2.21. The average molecular weight is 321 g/mol. The minimum absolute atomic E-state index is 0.0858. The van der Waals surface area contributed by atoms with E-state index >= 15 is 0 Å². The Bertz CT molecular complexity index is 409. The molecule has 0 fully saturated rings. The van der Waals surface area contributed by atoms with Gasteiger partial charge in [0.25, 0.3) is 5.91 Å². The number of halogens is 2. The Morgan fingerprint density at radius 2 is 2.18 bits per heavy atom. The molecular weight excluding hydrogens is 305 g/mol. The number of amides is 1.